The second kappa shape index (κ2) is 17.7. The Morgan fingerprint density at radius 3 is 2.50 bits per heavy atom. The van der Waals surface area contributed by atoms with Crippen molar-refractivity contribution in [2.75, 3.05) is 19.9 Å². The van der Waals surface area contributed by atoms with Gasteiger partial charge in [-0.25, -0.2) is 0 Å². The van der Waals surface area contributed by atoms with Crippen LogP contribution in [0.4, 0.5) is 0 Å². The Morgan fingerprint density at radius 1 is 1.00 bits per heavy atom. The third kappa shape index (κ3) is 9.84. The van der Waals surface area contributed by atoms with E-state index in [1.807, 2.05) is 58.0 Å². The summed E-state index contributed by atoms with van der Waals surface area (Å²) in [6, 6.07) is 9.57. The van der Waals surface area contributed by atoms with Crippen LogP contribution in [0.15, 0.2) is 48.5 Å². The normalized spacial score (nSPS) is 21.6. The number of nitrogens with zero attached hydrogens (tertiary/aromatic N) is 1. The van der Waals surface area contributed by atoms with Gasteiger partial charge >= 0.3 is 0 Å². The van der Waals surface area contributed by atoms with Crippen molar-refractivity contribution in [3.8, 4) is 11.5 Å². The highest BCUT2D eigenvalue weighted by Gasteiger charge is 2.54. The number of benzene rings is 2. The third-order valence-corrected chi connectivity index (χ3v) is 11.3. The Morgan fingerprint density at radius 2 is 1.77 bits per heavy atom. The number of halogens is 1. The minimum absolute atomic E-state index is 0.00119. The molecule has 1 saturated heterocycles. The van der Waals surface area contributed by atoms with Crippen LogP contribution < -0.4 is 30.9 Å². The summed E-state index contributed by atoms with van der Waals surface area (Å²) in [5.41, 5.74) is 3.45. The lowest BCUT2D eigenvalue weighted by Crippen LogP contribution is -2.59. The van der Waals surface area contributed by atoms with E-state index in [-0.39, 0.29) is 44.5 Å². The SMILES string of the molecule is CCC[C@H](NC(=O)[C@@H]1C[C@]2(C=C(c3cccc(Cl)c3)NO2)CN1C(=O)[C@@H](NC(=O)CC1CCCCC1)C(C)(C)C)C(=O)C(=O)NCCc1ccc2c(c1)OCO2. The second-order valence-electron chi connectivity index (χ2n) is 16.5. The van der Waals surface area contributed by atoms with Gasteiger partial charge in [0, 0.05) is 30.0 Å². The molecule has 2 fully saturated rings. The van der Waals surface area contributed by atoms with E-state index in [1.54, 1.807) is 18.2 Å². The number of carbonyl (C=O) groups is 5. The fourth-order valence-electron chi connectivity index (χ4n) is 8.00. The molecule has 1 aliphatic carbocycles. The molecule has 2 aromatic carbocycles. The van der Waals surface area contributed by atoms with Crippen molar-refractivity contribution in [3.63, 3.8) is 0 Å². The van der Waals surface area contributed by atoms with Crippen molar-refractivity contribution in [1.82, 2.24) is 26.3 Å². The molecule has 3 aliphatic heterocycles. The molecule has 2 aromatic rings. The predicted octanol–water partition coefficient (Wildman–Crippen LogP) is 5.00. The van der Waals surface area contributed by atoms with E-state index < -0.39 is 52.6 Å². The summed E-state index contributed by atoms with van der Waals surface area (Å²) in [5.74, 6) is -1.25. The number of hydrogen-bond acceptors (Lipinski definition) is 9. The number of fused-ring (bicyclic) bond motifs is 1. The van der Waals surface area contributed by atoms with Crippen LogP contribution in [0, 0.1) is 11.3 Å². The molecule has 14 heteroatoms. The second-order valence-corrected chi connectivity index (χ2v) is 16.9. The third-order valence-electron chi connectivity index (χ3n) is 11.0. The number of Topliss-reactive ketones (excluding diaryl/α,β-unsaturated/α-hetero) is 1. The first-order valence-corrected chi connectivity index (χ1v) is 20.2. The van der Waals surface area contributed by atoms with Crippen LogP contribution in [-0.4, -0.2) is 77.9 Å². The number of hydrogen-bond donors (Lipinski definition) is 4. The van der Waals surface area contributed by atoms with Crippen LogP contribution in [0.25, 0.3) is 5.70 Å². The zero-order valence-electron chi connectivity index (χ0n) is 32.7. The highest BCUT2D eigenvalue weighted by Crippen LogP contribution is 2.39. The first-order chi connectivity index (χ1) is 26.7. The van der Waals surface area contributed by atoms with Gasteiger partial charge in [-0.1, -0.05) is 83.2 Å². The standard InChI is InChI=1S/C42H54ClN5O8/c1-5-10-30(36(50)39(52)44-18-17-27-15-16-33-34(19-27)55-25-54-33)45-38(51)32-23-42(22-31(47-56-42)28-13-9-14-29(43)21-28)24-48(32)40(53)37(41(2,3)4)46-35(49)20-26-11-7-6-8-12-26/h9,13-16,19,21-22,26,30,32,37,47H,5-8,10-12,17-18,20,23-25H2,1-4H3,(H,44,52)(H,45,51)(H,46,49)/t30-,32-,37+,42+/m0/s1. The van der Waals surface area contributed by atoms with Gasteiger partial charge in [-0.15, -0.1) is 0 Å². The Kier molecular flexibility index (Phi) is 12.9. The van der Waals surface area contributed by atoms with E-state index in [0.29, 0.717) is 41.5 Å². The largest absolute Gasteiger partial charge is 0.454 e. The Balaban J connectivity index is 1.19. The van der Waals surface area contributed by atoms with Crippen LogP contribution in [0.1, 0.15) is 96.6 Å². The molecule has 6 rings (SSSR count). The van der Waals surface area contributed by atoms with Gasteiger partial charge in [-0.2, -0.15) is 0 Å². The molecule has 4 aliphatic rings. The van der Waals surface area contributed by atoms with E-state index in [1.165, 1.54) is 11.3 Å². The van der Waals surface area contributed by atoms with E-state index >= 15 is 0 Å². The summed E-state index contributed by atoms with van der Waals surface area (Å²) in [5, 5.41) is 9.07. The van der Waals surface area contributed by atoms with E-state index in [9.17, 15) is 24.0 Å². The molecule has 0 bridgehead atoms. The maximum absolute atomic E-state index is 14.7. The molecule has 1 spiro atoms. The van der Waals surface area contributed by atoms with Gasteiger partial charge < -0.3 is 30.3 Å². The number of nitrogens with one attached hydrogen (secondary N) is 4. The van der Waals surface area contributed by atoms with Crippen LogP contribution in [0.2, 0.25) is 5.02 Å². The molecule has 56 heavy (non-hydrogen) atoms. The quantitative estimate of drug-likeness (QED) is 0.193. The molecule has 0 unspecified atom stereocenters. The van der Waals surface area contributed by atoms with E-state index in [2.05, 4.69) is 21.4 Å². The number of ether oxygens (including phenoxy) is 2. The van der Waals surface area contributed by atoms with Gasteiger partial charge in [0.1, 0.15) is 17.7 Å². The van der Waals surface area contributed by atoms with Gasteiger partial charge in [0.2, 0.25) is 30.3 Å². The Labute approximate surface area is 333 Å². The highest BCUT2D eigenvalue weighted by molar-refractivity contribution is 6.38. The molecule has 13 nitrogen and oxygen atoms in total. The van der Waals surface area contributed by atoms with Gasteiger partial charge in [-0.3, -0.25) is 34.3 Å². The summed E-state index contributed by atoms with van der Waals surface area (Å²) >= 11 is 6.28. The zero-order chi connectivity index (χ0) is 40.0. The molecule has 0 radical (unpaired) electrons. The van der Waals surface area contributed by atoms with Crippen molar-refractivity contribution in [2.24, 2.45) is 11.3 Å². The fourth-order valence-corrected chi connectivity index (χ4v) is 8.19. The van der Waals surface area contributed by atoms with Gasteiger partial charge in [0.15, 0.2) is 11.5 Å². The van der Waals surface area contributed by atoms with Crippen LogP contribution in [-0.2, 0) is 35.2 Å². The van der Waals surface area contributed by atoms with Crippen molar-refractivity contribution >= 4 is 46.7 Å². The van der Waals surface area contributed by atoms with Gasteiger partial charge in [0.05, 0.1) is 18.3 Å². The minimum Gasteiger partial charge on any atom is -0.454 e. The average molecular weight is 792 g/mol. The zero-order valence-corrected chi connectivity index (χ0v) is 33.5. The summed E-state index contributed by atoms with van der Waals surface area (Å²) < 4.78 is 10.8. The molecule has 1 saturated carbocycles. The predicted molar refractivity (Wildman–Crippen MR) is 210 cm³/mol. The lowest BCUT2D eigenvalue weighted by Gasteiger charge is -2.36. The summed E-state index contributed by atoms with van der Waals surface area (Å²) in [6.07, 6.45) is 8.75. The molecular weight excluding hydrogens is 738 g/mol. The average Bonchev–Trinajstić information content (AvgIpc) is 3.91. The molecular formula is C42H54ClN5O8. The van der Waals surface area contributed by atoms with Gasteiger partial charge in [0.25, 0.3) is 5.91 Å². The maximum atomic E-state index is 14.7. The number of carbonyl (C=O) groups excluding carboxylic acids is 5. The summed E-state index contributed by atoms with van der Waals surface area (Å²) in [7, 11) is 0. The minimum atomic E-state index is -1.12. The maximum Gasteiger partial charge on any atom is 0.289 e. The van der Waals surface area contributed by atoms with E-state index in [4.69, 9.17) is 25.9 Å². The van der Waals surface area contributed by atoms with E-state index in [0.717, 1.165) is 36.8 Å². The van der Waals surface area contributed by atoms with Gasteiger partial charge in [-0.05, 0) is 72.9 Å². The van der Waals surface area contributed by atoms with Crippen molar-refractivity contribution < 1.29 is 38.3 Å². The number of rotatable bonds is 14. The molecule has 0 aromatic heterocycles. The number of hydroxylamine groups is 1. The number of ketones is 1. The lowest BCUT2D eigenvalue weighted by atomic mass is 9.84. The van der Waals surface area contributed by atoms with Crippen molar-refractivity contribution in [3.05, 3.63) is 64.7 Å². The van der Waals surface area contributed by atoms with Crippen LogP contribution >= 0.6 is 11.6 Å². The molecule has 4 amide bonds. The van der Waals surface area contributed by atoms with Crippen molar-refractivity contribution in [2.45, 2.75) is 116 Å². The Hall–Kier alpha value is -4.62. The number of amides is 4. The highest BCUT2D eigenvalue weighted by atomic mass is 35.5. The van der Waals surface area contributed by atoms with Crippen molar-refractivity contribution in [1.29, 1.82) is 0 Å². The Bertz CT molecular complexity index is 1840. The first-order valence-electron chi connectivity index (χ1n) is 19.8. The molecule has 4 atom stereocenters. The van der Waals surface area contributed by atoms with Crippen LogP contribution in [0.3, 0.4) is 0 Å². The smallest absolute Gasteiger partial charge is 0.289 e. The lowest BCUT2D eigenvalue weighted by molar-refractivity contribution is -0.145. The topological polar surface area (TPSA) is 164 Å². The fraction of sp³-hybridized carbons (Fsp3) is 0.548. The first kappa shape index (κ1) is 41.0. The summed E-state index contributed by atoms with van der Waals surface area (Å²) in [4.78, 5) is 76.8. The molecule has 3 heterocycles. The van der Waals surface area contributed by atoms with Crippen LogP contribution in [0.5, 0.6) is 11.5 Å². The molecule has 4 N–H and O–H groups in total. The summed E-state index contributed by atoms with van der Waals surface area (Å²) in [6.45, 7) is 7.83. The number of likely N-dealkylation sites (tertiary alicyclic amines) is 1. The monoisotopic (exact) mass is 791 g/mol. The molecule has 302 valence electrons.